The molecule has 1 rings (SSSR count). The number of hydrogen-bond donors (Lipinski definition) is 2. The zero-order valence-corrected chi connectivity index (χ0v) is 10.7. The molecule has 0 aliphatic carbocycles. The average Bonchev–Trinajstić information content (AvgIpc) is 2.31. The minimum absolute atomic E-state index is 0.225. The summed E-state index contributed by atoms with van der Waals surface area (Å²) in [6, 6.07) is 8.37. The van der Waals surface area contributed by atoms with Crippen molar-refractivity contribution in [2.24, 2.45) is 5.73 Å². The van der Waals surface area contributed by atoms with Crippen LogP contribution in [0, 0.1) is 6.92 Å². The molecule has 0 unspecified atom stereocenters. The molecular weight excluding hydrogens is 218 g/mol. The Kier molecular flexibility index (Phi) is 6.34. The lowest BCUT2D eigenvalue weighted by atomic mass is 10.1. The summed E-state index contributed by atoms with van der Waals surface area (Å²) in [4.78, 5) is 0. The van der Waals surface area contributed by atoms with Gasteiger partial charge in [0.15, 0.2) is 0 Å². The maximum atomic E-state index is 5.77. The topological polar surface area (TPSA) is 35.2 Å². The summed E-state index contributed by atoms with van der Waals surface area (Å²) in [5.41, 5.74) is 7.02. The molecule has 0 fully saturated rings. The second-order valence-corrected chi connectivity index (χ2v) is 4.47. The molecule has 0 aliphatic heterocycles. The van der Waals surface area contributed by atoms with Gasteiger partial charge in [0, 0.05) is 11.8 Å². The highest BCUT2D eigenvalue weighted by molar-refractivity contribution is 7.80. The third-order valence-corrected chi connectivity index (χ3v) is 2.96. The van der Waals surface area contributed by atoms with Crippen molar-refractivity contribution in [2.75, 3.05) is 12.4 Å². The van der Waals surface area contributed by atoms with E-state index in [1.54, 1.807) is 0 Å². The van der Waals surface area contributed by atoms with Gasteiger partial charge in [-0.1, -0.05) is 17.7 Å². The smallest absolute Gasteiger partial charge is 0.119 e. The fraction of sp³-hybridized carbons (Fsp3) is 0.538. The van der Waals surface area contributed by atoms with Crippen molar-refractivity contribution in [1.82, 2.24) is 0 Å². The summed E-state index contributed by atoms with van der Waals surface area (Å²) in [5, 5.41) is 0. The Morgan fingerprint density at radius 3 is 2.56 bits per heavy atom. The van der Waals surface area contributed by atoms with E-state index < -0.39 is 0 Å². The molecule has 0 amide bonds. The average molecular weight is 239 g/mol. The van der Waals surface area contributed by atoms with Crippen LogP contribution >= 0.6 is 12.6 Å². The van der Waals surface area contributed by atoms with E-state index in [1.807, 2.05) is 12.1 Å². The van der Waals surface area contributed by atoms with Crippen molar-refractivity contribution in [1.29, 1.82) is 0 Å². The highest BCUT2D eigenvalue weighted by Gasteiger charge is 1.99. The van der Waals surface area contributed by atoms with Gasteiger partial charge < -0.3 is 10.5 Å². The van der Waals surface area contributed by atoms with Crippen molar-refractivity contribution in [3.8, 4) is 5.75 Å². The van der Waals surface area contributed by atoms with E-state index in [-0.39, 0.29) is 6.04 Å². The van der Waals surface area contributed by atoms with Gasteiger partial charge in [-0.15, -0.1) is 0 Å². The fourth-order valence-electron chi connectivity index (χ4n) is 1.42. The summed E-state index contributed by atoms with van der Waals surface area (Å²) in [6.07, 6.45) is 3.18. The number of benzene rings is 1. The molecule has 2 N–H and O–H groups in total. The SMILES string of the molecule is Cc1ccc(OCCCC[C@H](N)CS)cc1. The summed E-state index contributed by atoms with van der Waals surface area (Å²) >= 11 is 4.15. The van der Waals surface area contributed by atoms with Gasteiger partial charge in [0.05, 0.1) is 6.61 Å². The van der Waals surface area contributed by atoms with Gasteiger partial charge in [-0.3, -0.25) is 0 Å². The fourth-order valence-corrected chi connectivity index (χ4v) is 1.61. The highest BCUT2D eigenvalue weighted by atomic mass is 32.1. The largest absolute Gasteiger partial charge is 0.494 e. The molecule has 1 aromatic rings. The summed E-state index contributed by atoms with van der Waals surface area (Å²) in [5.74, 6) is 1.71. The molecule has 90 valence electrons. The van der Waals surface area contributed by atoms with Gasteiger partial charge in [0.2, 0.25) is 0 Å². The lowest BCUT2D eigenvalue weighted by Crippen LogP contribution is -2.21. The molecule has 2 nitrogen and oxygen atoms in total. The molecule has 0 spiro atoms. The van der Waals surface area contributed by atoms with Gasteiger partial charge in [0.1, 0.15) is 5.75 Å². The monoisotopic (exact) mass is 239 g/mol. The second kappa shape index (κ2) is 7.58. The third-order valence-electron chi connectivity index (χ3n) is 2.49. The zero-order valence-electron chi connectivity index (χ0n) is 9.86. The third kappa shape index (κ3) is 5.42. The second-order valence-electron chi connectivity index (χ2n) is 4.10. The van der Waals surface area contributed by atoms with Crippen LogP contribution in [0.25, 0.3) is 0 Å². The predicted molar refractivity (Wildman–Crippen MR) is 72.4 cm³/mol. The molecule has 0 bridgehead atoms. The van der Waals surface area contributed by atoms with E-state index >= 15 is 0 Å². The van der Waals surface area contributed by atoms with Crippen LogP contribution in [0.15, 0.2) is 24.3 Å². The van der Waals surface area contributed by atoms with Crippen LogP contribution in [-0.4, -0.2) is 18.4 Å². The molecule has 0 saturated carbocycles. The predicted octanol–water partition coefficient (Wildman–Crippen LogP) is 2.80. The van der Waals surface area contributed by atoms with Crippen molar-refractivity contribution in [3.05, 3.63) is 29.8 Å². The van der Waals surface area contributed by atoms with E-state index in [0.29, 0.717) is 0 Å². The number of ether oxygens (including phenoxy) is 1. The summed E-state index contributed by atoms with van der Waals surface area (Å²) < 4.78 is 5.62. The van der Waals surface area contributed by atoms with Gasteiger partial charge in [-0.05, 0) is 38.3 Å². The van der Waals surface area contributed by atoms with E-state index in [2.05, 4.69) is 31.7 Å². The maximum absolute atomic E-state index is 5.77. The molecule has 16 heavy (non-hydrogen) atoms. The first-order valence-electron chi connectivity index (χ1n) is 5.78. The first kappa shape index (κ1) is 13.4. The summed E-state index contributed by atoms with van der Waals surface area (Å²) in [6.45, 7) is 2.84. The highest BCUT2D eigenvalue weighted by Crippen LogP contribution is 2.12. The van der Waals surface area contributed by atoms with Crippen LogP contribution in [0.4, 0.5) is 0 Å². The summed E-state index contributed by atoms with van der Waals surface area (Å²) in [7, 11) is 0. The van der Waals surface area contributed by atoms with Crippen molar-refractivity contribution < 1.29 is 4.74 Å². The molecular formula is C13H21NOS. The number of aryl methyl sites for hydroxylation is 1. The Morgan fingerprint density at radius 2 is 1.94 bits per heavy atom. The molecule has 0 aromatic heterocycles. The lowest BCUT2D eigenvalue weighted by molar-refractivity contribution is 0.304. The van der Waals surface area contributed by atoms with Gasteiger partial charge in [0.25, 0.3) is 0 Å². The van der Waals surface area contributed by atoms with Crippen LogP contribution in [0.5, 0.6) is 5.75 Å². The van der Waals surface area contributed by atoms with E-state index in [1.165, 1.54) is 5.56 Å². The van der Waals surface area contributed by atoms with Crippen LogP contribution < -0.4 is 10.5 Å². The van der Waals surface area contributed by atoms with Gasteiger partial charge in [-0.25, -0.2) is 0 Å². The lowest BCUT2D eigenvalue weighted by Gasteiger charge is -2.09. The van der Waals surface area contributed by atoms with Gasteiger partial charge >= 0.3 is 0 Å². The maximum Gasteiger partial charge on any atom is 0.119 e. The molecule has 0 radical (unpaired) electrons. The Morgan fingerprint density at radius 1 is 1.25 bits per heavy atom. The Labute approximate surface area is 104 Å². The first-order valence-corrected chi connectivity index (χ1v) is 6.41. The van der Waals surface area contributed by atoms with E-state index in [9.17, 15) is 0 Å². The minimum atomic E-state index is 0.225. The Hall–Kier alpha value is -0.670. The molecule has 1 aromatic carbocycles. The molecule has 0 saturated heterocycles. The molecule has 1 atom stereocenters. The number of nitrogens with two attached hydrogens (primary N) is 1. The quantitative estimate of drug-likeness (QED) is 0.567. The Balaban J connectivity index is 2.09. The van der Waals surface area contributed by atoms with Crippen molar-refractivity contribution in [2.45, 2.75) is 32.2 Å². The van der Waals surface area contributed by atoms with E-state index in [4.69, 9.17) is 10.5 Å². The Bertz CT molecular complexity index is 286. The minimum Gasteiger partial charge on any atom is -0.494 e. The van der Waals surface area contributed by atoms with Gasteiger partial charge in [-0.2, -0.15) is 12.6 Å². The number of unbranched alkanes of at least 4 members (excludes halogenated alkanes) is 1. The van der Waals surface area contributed by atoms with Crippen LogP contribution in [0.2, 0.25) is 0 Å². The first-order chi connectivity index (χ1) is 7.72. The van der Waals surface area contributed by atoms with E-state index in [0.717, 1.165) is 37.4 Å². The van der Waals surface area contributed by atoms with Crippen molar-refractivity contribution in [3.63, 3.8) is 0 Å². The van der Waals surface area contributed by atoms with Crippen molar-refractivity contribution >= 4 is 12.6 Å². The van der Waals surface area contributed by atoms with Crippen LogP contribution in [-0.2, 0) is 0 Å². The molecule has 0 heterocycles. The standard InChI is InChI=1S/C13H21NOS/c1-11-5-7-13(8-6-11)15-9-3-2-4-12(14)10-16/h5-8,12,16H,2-4,9-10,14H2,1H3/t12-/m0/s1. The normalized spacial score (nSPS) is 12.4. The number of thiol groups is 1. The van der Waals surface area contributed by atoms with Crippen LogP contribution in [0.1, 0.15) is 24.8 Å². The van der Waals surface area contributed by atoms with Crippen LogP contribution in [0.3, 0.4) is 0 Å². The zero-order chi connectivity index (χ0) is 11.8. The molecule has 0 aliphatic rings. The number of rotatable bonds is 7. The molecule has 3 heteroatoms. The number of hydrogen-bond acceptors (Lipinski definition) is 3.